The van der Waals surface area contributed by atoms with Crippen LogP contribution in [0.15, 0.2) is 156 Å². The molecule has 6 aromatic rings. The van der Waals surface area contributed by atoms with Crippen LogP contribution in [-0.4, -0.2) is 11.1 Å². The van der Waals surface area contributed by atoms with E-state index in [-0.39, 0.29) is 12.1 Å². The third kappa shape index (κ3) is 4.00. The van der Waals surface area contributed by atoms with Gasteiger partial charge in [-0.05, 0) is 77.9 Å². The van der Waals surface area contributed by atoms with Crippen LogP contribution in [0.3, 0.4) is 0 Å². The number of nitrogens with zero attached hydrogens (tertiary/aromatic N) is 4. The lowest BCUT2D eigenvalue weighted by atomic mass is 9.94. The van der Waals surface area contributed by atoms with Gasteiger partial charge in [0.15, 0.2) is 0 Å². The Balaban J connectivity index is 1.34. The van der Waals surface area contributed by atoms with Crippen molar-refractivity contribution in [2.75, 3.05) is 14.7 Å². The van der Waals surface area contributed by atoms with Crippen molar-refractivity contribution in [3.8, 4) is 0 Å². The van der Waals surface area contributed by atoms with Crippen molar-refractivity contribution in [2.45, 2.75) is 12.1 Å². The van der Waals surface area contributed by atoms with Crippen molar-refractivity contribution in [1.82, 2.24) is 4.98 Å². The van der Waals surface area contributed by atoms with E-state index in [2.05, 4.69) is 175 Å². The van der Waals surface area contributed by atoms with Gasteiger partial charge in [-0.2, -0.15) is 0 Å². The fraction of sp³-hybridized carbons (Fsp3) is 0.0541. The van der Waals surface area contributed by atoms with E-state index in [0.29, 0.717) is 0 Å². The van der Waals surface area contributed by atoms with Crippen molar-refractivity contribution < 1.29 is 0 Å². The first kappa shape index (κ1) is 24.9. The molecule has 0 saturated heterocycles. The molecule has 4 nitrogen and oxygen atoms in total. The molecule has 2 atom stereocenters. The van der Waals surface area contributed by atoms with Crippen molar-refractivity contribution in [1.29, 1.82) is 0 Å². The SMILES string of the molecule is Brc1cc(N(c2ccccc2)c2ccccc2)cc(N2c3cnccc3C3c4ccccc4N(c4ccccc4)C32)c1. The van der Waals surface area contributed by atoms with Gasteiger partial charge in [-0.3, -0.25) is 4.98 Å². The van der Waals surface area contributed by atoms with E-state index >= 15 is 0 Å². The third-order valence-corrected chi connectivity index (χ3v) is 8.71. The first-order valence-electron chi connectivity index (χ1n) is 14.1. The van der Waals surface area contributed by atoms with Crippen LogP contribution < -0.4 is 14.7 Å². The first-order valence-corrected chi connectivity index (χ1v) is 14.9. The highest BCUT2D eigenvalue weighted by Crippen LogP contribution is 2.58. The monoisotopic (exact) mass is 606 g/mol. The molecule has 0 bridgehead atoms. The summed E-state index contributed by atoms with van der Waals surface area (Å²) in [6.07, 6.45) is 3.96. The quantitative estimate of drug-likeness (QED) is 0.195. The lowest BCUT2D eigenvalue weighted by molar-refractivity contribution is 0.669. The largest absolute Gasteiger partial charge is 0.319 e. The Labute approximate surface area is 254 Å². The molecule has 0 aliphatic carbocycles. The van der Waals surface area contributed by atoms with Crippen LogP contribution in [0.2, 0.25) is 0 Å². The topological polar surface area (TPSA) is 22.6 Å². The minimum absolute atomic E-state index is 0.0213. The zero-order chi connectivity index (χ0) is 28.0. The first-order chi connectivity index (χ1) is 20.8. The van der Waals surface area contributed by atoms with Crippen molar-refractivity contribution in [2.24, 2.45) is 0 Å². The number of halogens is 1. The van der Waals surface area contributed by atoms with E-state index in [0.717, 1.165) is 32.9 Å². The summed E-state index contributed by atoms with van der Waals surface area (Å²) in [4.78, 5) is 11.9. The molecule has 8 rings (SSSR count). The maximum atomic E-state index is 4.61. The van der Waals surface area contributed by atoms with E-state index in [1.807, 2.05) is 12.4 Å². The van der Waals surface area contributed by atoms with E-state index in [1.165, 1.54) is 22.5 Å². The maximum absolute atomic E-state index is 4.61. The lowest BCUT2D eigenvalue weighted by Gasteiger charge is -2.36. The molecule has 202 valence electrons. The lowest BCUT2D eigenvalue weighted by Crippen LogP contribution is -2.40. The van der Waals surface area contributed by atoms with Crippen LogP contribution in [-0.2, 0) is 0 Å². The summed E-state index contributed by atoms with van der Waals surface area (Å²) in [5.74, 6) is 0.182. The molecule has 0 N–H and O–H groups in total. The normalized spacial score (nSPS) is 16.6. The molecule has 0 spiro atoms. The second-order valence-corrected chi connectivity index (χ2v) is 11.5. The second kappa shape index (κ2) is 10.2. The molecular formula is C37H27BrN4. The zero-order valence-corrected chi connectivity index (χ0v) is 24.3. The van der Waals surface area contributed by atoms with Crippen molar-refractivity contribution in [3.05, 3.63) is 168 Å². The predicted octanol–water partition coefficient (Wildman–Crippen LogP) is 10.1. The third-order valence-electron chi connectivity index (χ3n) is 8.25. The van der Waals surface area contributed by atoms with Crippen molar-refractivity contribution in [3.63, 3.8) is 0 Å². The Kier molecular flexibility index (Phi) is 6.04. The Morgan fingerprint density at radius 2 is 1.14 bits per heavy atom. The molecule has 2 unspecified atom stereocenters. The van der Waals surface area contributed by atoms with Gasteiger partial charge in [-0.15, -0.1) is 0 Å². The summed E-state index contributed by atoms with van der Waals surface area (Å²) >= 11 is 3.89. The van der Waals surface area contributed by atoms with Crippen LogP contribution in [0.1, 0.15) is 17.0 Å². The van der Waals surface area contributed by atoms with Gasteiger partial charge in [0.1, 0.15) is 6.17 Å². The van der Waals surface area contributed by atoms with E-state index < -0.39 is 0 Å². The standard InChI is InChI=1S/C37H27BrN4/c38-26-22-30(40(27-12-4-1-5-13-27)28-14-6-2-7-15-28)24-31(23-26)42-35-25-39-21-20-33(35)36-32-18-10-11-19-34(32)41(37(36)42)29-16-8-3-9-17-29/h1-25,36-37H. The Morgan fingerprint density at radius 1 is 0.548 bits per heavy atom. The van der Waals surface area contributed by atoms with Crippen molar-refractivity contribution >= 4 is 55.7 Å². The van der Waals surface area contributed by atoms with Gasteiger partial charge in [0, 0.05) is 44.8 Å². The fourth-order valence-corrected chi connectivity index (χ4v) is 7.09. The number of benzene rings is 5. The van der Waals surface area contributed by atoms with Gasteiger partial charge in [-0.1, -0.05) is 88.7 Å². The van der Waals surface area contributed by atoms with E-state index in [9.17, 15) is 0 Å². The minimum atomic E-state index is 0.0213. The number of aromatic nitrogens is 1. The molecule has 2 aliphatic rings. The Bertz CT molecular complexity index is 1820. The maximum Gasteiger partial charge on any atom is 0.122 e. The van der Waals surface area contributed by atoms with Gasteiger partial charge in [0.25, 0.3) is 0 Å². The zero-order valence-electron chi connectivity index (χ0n) is 22.8. The average molecular weight is 608 g/mol. The predicted molar refractivity (Wildman–Crippen MR) is 176 cm³/mol. The molecule has 0 amide bonds. The number of hydrogen-bond donors (Lipinski definition) is 0. The van der Waals surface area contributed by atoms with Crippen LogP contribution in [0.25, 0.3) is 0 Å². The highest BCUT2D eigenvalue weighted by Gasteiger charge is 2.50. The number of pyridine rings is 1. The summed E-state index contributed by atoms with van der Waals surface area (Å²) in [6.45, 7) is 0. The van der Waals surface area contributed by atoms with Crippen LogP contribution in [0.4, 0.5) is 39.8 Å². The summed E-state index contributed by atoms with van der Waals surface area (Å²) < 4.78 is 1.02. The smallest absolute Gasteiger partial charge is 0.122 e. The van der Waals surface area contributed by atoms with Gasteiger partial charge >= 0.3 is 0 Å². The number of rotatable bonds is 5. The number of hydrogen-bond acceptors (Lipinski definition) is 4. The van der Waals surface area contributed by atoms with Gasteiger partial charge in [0.2, 0.25) is 0 Å². The molecular weight excluding hydrogens is 580 g/mol. The summed E-state index contributed by atoms with van der Waals surface area (Å²) in [5, 5.41) is 0. The Morgan fingerprint density at radius 3 is 1.86 bits per heavy atom. The van der Waals surface area contributed by atoms with Gasteiger partial charge in [0.05, 0.1) is 17.8 Å². The molecule has 0 fully saturated rings. The number of anilines is 7. The second-order valence-electron chi connectivity index (χ2n) is 10.6. The molecule has 3 heterocycles. The van der Waals surface area contributed by atoms with Crippen LogP contribution >= 0.6 is 15.9 Å². The molecule has 5 heteroatoms. The van der Waals surface area contributed by atoms with Gasteiger partial charge in [-0.25, -0.2) is 0 Å². The fourth-order valence-electron chi connectivity index (χ4n) is 6.62. The molecule has 42 heavy (non-hydrogen) atoms. The molecule has 0 radical (unpaired) electrons. The molecule has 1 aromatic heterocycles. The number of para-hydroxylation sites is 4. The summed E-state index contributed by atoms with van der Waals surface area (Å²) in [6, 6.07) is 49.6. The highest BCUT2D eigenvalue weighted by atomic mass is 79.9. The van der Waals surface area contributed by atoms with E-state index in [1.54, 1.807) is 0 Å². The summed E-state index contributed by atoms with van der Waals surface area (Å²) in [5.41, 5.74) is 10.6. The minimum Gasteiger partial charge on any atom is -0.319 e. The van der Waals surface area contributed by atoms with Crippen LogP contribution in [0.5, 0.6) is 0 Å². The average Bonchev–Trinajstić information content (AvgIpc) is 3.55. The van der Waals surface area contributed by atoms with Gasteiger partial charge < -0.3 is 14.7 Å². The molecule has 0 saturated carbocycles. The Hall–Kier alpha value is -4.87. The molecule has 5 aromatic carbocycles. The molecule has 2 aliphatic heterocycles. The van der Waals surface area contributed by atoms with E-state index in [4.69, 9.17) is 0 Å². The summed E-state index contributed by atoms with van der Waals surface area (Å²) in [7, 11) is 0. The number of fused-ring (bicyclic) bond motifs is 5. The highest BCUT2D eigenvalue weighted by molar-refractivity contribution is 9.10. The van der Waals surface area contributed by atoms with Crippen LogP contribution in [0, 0.1) is 0 Å².